The summed E-state index contributed by atoms with van der Waals surface area (Å²) < 4.78 is 49.9. The van der Waals surface area contributed by atoms with Gasteiger partial charge >= 0.3 is 10.3 Å². The average Bonchev–Trinajstić information content (AvgIpc) is 2.68. The predicted molar refractivity (Wildman–Crippen MR) is 94.9 cm³/mol. The lowest BCUT2D eigenvalue weighted by Crippen LogP contribution is -2.40. The van der Waals surface area contributed by atoms with Crippen molar-refractivity contribution in [1.82, 2.24) is 9.62 Å². The molecule has 0 aromatic heterocycles. The van der Waals surface area contributed by atoms with Crippen LogP contribution in [0.15, 0.2) is 36.4 Å². The van der Waals surface area contributed by atoms with Crippen LogP contribution in [-0.4, -0.2) is 45.5 Å². The standard InChI is InChI=1S/C18H17FN2O5S/c19-15-9-14-11-20-27(23,24)26-17(14)16(10-15)12-1-3-13(4-2-12)18(22)21-5-7-25-8-6-21/h1-4,9-10,20H,5-8,11H2. The zero-order chi connectivity index (χ0) is 19.0. The number of ether oxygens (including phenoxy) is 1. The lowest BCUT2D eigenvalue weighted by molar-refractivity contribution is 0.0303. The molecule has 7 nitrogen and oxygen atoms in total. The highest BCUT2D eigenvalue weighted by atomic mass is 32.2. The highest BCUT2D eigenvalue weighted by Gasteiger charge is 2.26. The summed E-state index contributed by atoms with van der Waals surface area (Å²) in [6, 6.07) is 9.04. The van der Waals surface area contributed by atoms with Gasteiger partial charge in [0.05, 0.1) is 13.2 Å². The molecule has 0 atom stereocenters. The van der Waals surface area contributed by atoms with Gasteiger partial charge in [-0.1, -0.05) is 12.1 Å². The molecule has 0 bridgehead atoms. The van der Waals surface area contributed by atoms with E-state index in [2.05, 4.69) is 4.72 Å². The minimum Gasteiger partial charge on any atom is -0.378 e. The van der Waals surface area contributed by atoms with E-state index >= 15 is 0 Å². The molecule has 2 aromatic rings. The molecule has 2 aliphatic heterocycles. The van der Waals surface area contributed by atoms with Crippen LogP contribution in [-0.2, 0) is 21.6 Å². The topological polar surface area (TPSA) is 84.9 Å². The highest BCUT2D eigenvalue weighted by molar-refractivity contribution is 7.85. The van der Waals surface area contributed by atoms with Crippen LogP contribution in [0, 0.1) is 5.82 Å². The van der Waals surface area contributed by atoms with E-state index in [9.17, 15) is 17.6 Å². The number of amides is 1. The minimum atomic E-state index is -3.92. The van der Waals surface area contributed by atoms with Crippen LogP contribution in [0.3, 0.4) is 0 Å². The molecule has 0 saturated carbocycles. The maximum atomic E-state index is 14.0. The van der Waals surface area contributed by atoms with Gasteiger partial charge in [0, 0.05) is 36.3 Å². The Labute approximate surface area is 156 Å². The van der Waals surface area contributed by atoms with Crippen molar-refractivity contribution in [3.05, 3.63) is 53.3 Å². The van der Waals surface area contributed by atoms with Gasteiger partial charge in [0.1, 0.15) is 5.82 Å². The Hall–Kier alpha value is -2.49. The summed E-state index contributed by atoms with van der Waals surface area (Å²) in [4.78, 5) is 14.2. The molecule has 0 spiro atoms. The van der Waals surface area contributed by atoms with Gasteiger partial charge in [-0.15, -0.1) is 0 Å². The molecule has 0 unspecified atom stereocenters. The van der Waals surface area contributed by atoms with Gasteiger partial charge in [0.2, 0.25) is 0 Å². The van der Waals surface area contributed by atoms with Crippen LogP contribution >= 0.6 is 0 Å². The molecule has 0 aliphatic carbocycles. The van der Waals surface area contributed by atoms with Gasteiger partial charge < -0.3 is 13.8 Å². The van der Waals surface area contributed by atoms with Crippen LogP contribution in [0.2, 0.25) is 0 Å². The summed E-state index contributed by atoms with van der Waals surface area (Å²) in [5.41, 5.74) is 1.79. The number of carbonyl (C=O) groups excluding carboxylic acids is 1. The third-order valence-electron chi connectivity index (χ3n) is 4.50. The van der Waals surface area contributed by atoms with E-state index < -0.39 is 16.1 Å². The van der Waals surface area contributed by atoms with Crippen molar-refractivity contribution in [3.8, 4) is 16.9 Å². The molecule has 27 heavy (non-hydrogen) atoms. The molecule has 1 saturated heterocycles. The Bertz CT molecular complexity index is 986. The average molecular weight is 392 g/mol. The van der Waals surface area contributed by atoms with E-state index in [1.165, 1.54) is 12.1 Å². The maximum Gasteiger partial charge on any atom is 0.382 e. The third-order valence-corrected chi connectivity index (χ3v) is 5.39. The number of halogens is 1. The first-order valence-electron chi connectivity index (χ1n) is 8.42. The number of hydrogen-bond donors (Lipinski definition) is 1. The Kier molecular flexibility index (Phi) is 4.58. The van der Waals surface area contributed by atoms with E-state index in [-0.39, 0.29) is 18.2 Å². The summed E-state index contributed by atoms with van der Waals surface area (Å²) in [5.74, 6) is -0.501. The van der Waals surface area contributed by atoms with Gasteiger partial charge in [-0.05, 0) is 29.8 Å². The van der Waals surface area contributed by atoms with Crippen LogP contribution in [0.4, 0.5) is 4.39 Å². The zero-order valence-electron chi connectivity index (χ0n) is 14.3. The molecule has 1 N–H and O–H groups in total. The maximum absolute atomic E-state index is 14.0. The third kappa shape index (κ3) is 3.66. The van der Waals surface area contributed by atoms with Gasteiger partial charge in [-0.2, -0.15) is 13.1 Å². The summed E-state index contributed by atoms with van der Waals surface area (Å²) in [6.07, 6.45) is 0. The smallest absolute Gasteiger partial charge is 0.378 e. The lowest BCUT2D eigenvalue weighted by Gasteiger charge is -2.27. The Morgan fingerprint density at radius 2 is 1.81 bits per heavy atom. The molecule has 2 heterocycles. The van der Waals surface area contributed by atoms with Crippen molar-refractivity contribution >= 4 is 16.2 Å². The Balaban J connectivity index is 1.66. The van der Waals surface area contributed by atoms with E-state index in [1.54, 1.807) is 29.2 Å². The number of rotatable bonds is 2. The Morgan fingerprint density at radius 1 is 1.11 bits per heavy atom. The molecular formula is C18H17FN2O5S. The number of benzene rings is 2. The van der Waals surface area contributed by atoms with E-state index in [0.29, 0.717) is 48.6 Å². The first-order valence-corrected chi connectivity index (χ1v) is 9.83. The molecular weight excluding hydrogens is 375 g/mol. The highest BCUT2D eigenvalue weighted by Crippen LogP contribution is 2.37. The zero-order valence-corrected chi connectivity index (χ0v) is 15.1. The molecule has 0 radical (unpaired) electrons. The SMILES string of the molecule is O=C(c1ccc(-c2cc(F)cc3c2OS(=O)(=O)NC3)cc1)N1CCOCC1. The fraction of sp³-hybridized carbons (Fsp3) is 0.278. The minimum absolute atomic E-state index is 0.0456. The van der Waals surface area contributed by atoms with E-state index in [0.717, 1.165) is 0 Å². The monoisotopic (exact) mass is 392 g/mol. The van der Waals surface area contributed by atoms with Crippen molar-refractivity contribution in [1.29, 1.82) is 0 Å². The van der Waals surface area contributed by atoms with Crippen molar-refractivity contribution < 1.29 is 26.5 Å². The second-order valence-corrected chi connectivity index (χ2v) is 7.65. The summed E-state index contributed by atoms with van der Waals surface area (Å²) >= 11 is 0. The van der Waals surface area contributed by atoms with Gasteiger partial charge in [-0.25, -0.2) is 4.39 Å². The summed E-state index contributed by atoms with van der Waals surface area (Å²) in [5, 5.41) is 0. The Morgan fingerprint density at radius 3 is 2.52 bits per heavy atom. The summed E-state index contributed by atoms with van der Waals surface area (Å²) in [7, 11) is -3.92. The number of morpholine rings is 1. The molecule has 142 valence electrons. The van der Waals surface area contributed by atoms with Crippen molar-refractivity contribution in [2.24, 2.45) is 0 Å². The van der Waals surface area contributed by atoms with Gasteiger partial charge in [0.15, 0.2) is 5.75 Å². The fourth-order valence-corrected chi connectivity index (χ4v) is 3.95. The molecule has 9 heteroatoms. The van der Waals surface area contributed by atoms with Crippen LogP contribution in [0.25, 0.3) is 11.1 Å². The summed E-state index contributed by atoms with van der Waals surface area (Å²) in [6.45, 7) is 2.06. The van der Waals surface area contributed by atoms with Crippen LogP contribution in [0.5, 0.6) is 5.75 Å². The quantitative estimate of drug-likeness (QED) is 0.841. The van der Waals surface area contributed by atoms with Gasteiger partial charge in [-0.3, -0.25) is 4.79 Å². The molecule has 2 aliphatic rings. The largest absolute Gasteiger partial charge is 0.382 e. The first kappa shape index (κ1) is 17.9. The second kappa shape index (κ2) is 6.91. The number of carbonyl (C=O) groups is 1. The predicted octanol–water partition coefficient (Wildman–Crippen LogP) is 1.69. The number of hydrogen-bond acceptors (Lipinski definition) is 5. The molecule has 4 rings (SSSR count). The van der Waals surface area contributed by atoms with E-state index in [4.69, 9.17) is 8.92 Å². The number of nitrogens with one attached hydrogen (secondary N) is 1. The number of fused-ring (bicyclic) bond motifs is 1. The second-order valence-electron chi connectivity index (χ2n) is 6.28. The fourth-order valence-electron chi connectivity index (χ4n) is 3.14. The van der Waals surface area contributed by atoms with Crippen molar-refractivity contribution in [2.45, 2.75) is 6.54 Å². The van der Waals surface area contributed by atoms with Crippen LogP contribution in [0.1, 0.15) is 15.9 Å². The molecule has 1 amide bonds. The van der Waals surface area contributed by atoms with E-state index in [1.807, 2.05) is 0 Å². The van der Waals surface area contributed by atoms with Gasteiger partial charge in [0.25, 0.3) is 5.91 Å². The number of nitrogens with zero attached hydrogens (tertiary/aromatic N) is 1. The molecule has 1 fully saturated rings. The van der Waals surface area contributed by atoms with Crippen molar-refractivity contribution in [2.75, 3.05) is 26.3 Å². The first-order chi connectivity index (χ1) is 12.9. The lowest BCUT2D eigenvalue weighted by atomic mass is 9.99. The molecule has 2 aromatic carbocycles. The normalized spacial score (nSPS) is 18.5. The van der Waals surface area contributed by atoms with Crippen LogP contribution < -0.4 is 8.91 Å². The van der Waals surface area contributed by atoms with Crippen molar-refractivity contribution in [3.63, 3.8) is 0 Å².